The molecule has 0 unspecified atom stereocenters. The summed E-state index contributed by atoms with van der Waals surface area (Å²) in [5.41, 5.74) is 1.95. The third-order valence-electron chi connectivity index (χ3n) is 3.59. The fourth-order valence-corrected chi connectivity index (χ4v) is 2.88. The van der Waals surface area contributed by atoms with Gasteiger partial charge in [0.25, 0.3) is 0 Å². The van der Waals surface area contributed by atoms with Gasteiger partial charge in [-0.05, 0) is 68.2 Å². The van der Waals surface area contributed by atoms with Crippen LogP contribution in [0.15, 0.2) is 48.5 Å². The standard InChI is InChI=1S/C21H23Cl2NO2/c1-15(2)26-19-7-3-5-16(13-19)6-4-12-24-21(25)11-9-17-8-10-18(22)14-20(17)23/h3,5,7-11,13-15H,4,6,12H2,1-2H3,(H,24,25)/b11-9+. The number of aryl methyl sites for hydroxylation is 1. The van der Waals surface area contributed by atoms with Crippen molar-refractivity contribution < 1.29 is 9.53 Å². The van der Waals surface area contributed by atoms with E-state index in [9.17, 15) is 4.79 Å². The minimum absolute atomic E-state index is 0.145. The molecule has 0 radical (unpaired) electrons. The predicted molar refractivity (Wildman–Crippen MR) is 109 cm³/mol. The van der Waals surface area contributed by atoms with Crippen LogP contribution < -0.4 is 10.1 Å². The SMILES string of the molecule is CC(C)Oc1cccc(CCCNC(=O)/C=C/c2ccc(Cl)cc2Cl)c1. The molecule has 26 heavy (non-hydrogen) atoms. The second-order valence-corrected chi connectivity index (χ2v) is 7.05. The number of carbonyl (C=O) groups excluding carboxylic acids is 1. The van der Waals surface area contributed by atoms with Gasteiger partial charge >= 0.3 is 0 Å². The van der Waals surface area contributed by atoms with Gasteiger partial charge in [-0.25, -0.2) is 0 Å². The molecule has 0 heterocycles. The Balaban J connectivity index is 1.75. The largest absolute Gasteiger partial charge is 0.491 e. The summed E-state index contributed by atoms with van der Waals surface area (Å²) < 4.78 is 5.69. The molecule has 0 aromatic heterocycles. The van der Waals surface area contributed by atoms with E-state index < -0.39 is 0 Å². The van der Waals surface area contributed by atoms with Crippen LogP contribution in [-0.4, -0.2) is 18.6 Å². The van der Waals surface area contributed by atoms with Crippen molar-refractivity contribution in [2.75, 3.05) is 6.54 Å². The molecule has 0 saturated carbocycles. The maximum absolute atomic E-state index is 11.9. The van der Waals surface area contributed by atoms with Crippen molar-refractivity contribution in [3.05, 3.63) is 69.7 Å². The Hall–Kier alpha value is -1.97. The number of nitrogens with one attached hydrogen (secondary N) is 1. The second kappa shape index (κ2) is 10.2. The quantitative estimate of drug-likeness (QED) is 0.473. The molecule has 0 bridgehead atoms. The van der Waals surface area contributed by atoms with Gasteiger partial charge in [-0.15, -0.1) is 0 Å². The molecule has 2 aromatic rings. The van der Waals surface area contributed by atoms with Gasteiger partial charge in [-0.3, -0.25) is 4.79 Å². The number of rotatable bonds is 8. The Morgan fingerprint density at radius 1 is 1.19 bits per heavy atom. The first-order chi connectivity index (χ1) is 12.4. The molecule has 2 rings (SSSR count). The first kappa shape index (κ1) is 20.3. The van der Waals surface area contributed by atoms with Crippen molar-refractivity contribution >= 4 is 35.2 Å². The molecule has 0 aliphatic rings. The van der Waals surface area contributed by atoms with E-state index in [4.69, 9.17) is 27.9 Å². The Bertz CT molecular complexity index is 772. The zero-order valence-corrected chi connectivity index (χ0v) is 16.5. The van der Waals surface area contributed by atoms with Gasteiger partial charge in [0.2, 0.25) is 5.91 Å². The first-order valence-corrected chi connectivity index (χ1v) is 9.36. The van der Waals surface area contributed by atoms with Gasteiger partial charge in [0.15, 0.2) is 0 Å². The molecule has 1 amide bonds. The summed E-state index contributed by atoms with van der Waals surface area (Å²) >= 11 is 11.9. The van der Waals surface area contributed by atoms with E-state index in [2.05, 4.69) is 11.4 Å². The van der Waals surface area contributed by atoms with Crippen LogP contribution in [-0.2, 0) is 11.2 Å². The summed E-state index contributed by atoms with van der Waals surface area (Å²) in [4.78, 5) is 11.9. The first-order valence-electron chi connectivity index (χ1n) is 8.60. The number of ether oxygens (including phenoxy) is 1. The minimum atomic E-state index is -0.145. The number of carbonyl (C=O) groups is 1. The van der Waals surface area contributed by atoms with E-state index in [0.717, 1.165) is 24.2 Å². The Labute approximate surface area is 165 Å². The summed E-state index contributed by atoms with van der Waals surface area (Å²) in [6, 6.07) is 13.2. The fraction of sp³-hybridized carbons (Fsp3) is 0.286. The fourth-order valence-electron chi connectivity index (χ4n) is 2.41. The van der Waals surface area contributed by atoms with E-state index in [1.54, 1.807) is 24.3 Å². The topological polar surface area (TPSA) is 38.3 Å². The predicted octanol–water partition coefficient (Wildman–Crippen LogP) is 5.54. The molecule has 0 aliphatic carbocycles. The van der Waals surface area contributed by atoms with Crippen LogP contribution in [0.3, 0.4) is 0 Å². The van der Waals surface area contributed by atoms with Crippen LogP contribution in [0.2, 0.25) is 10.0 Å². The lowest BCUT2D eigenvalue weighted by Crippen LogP contribution is -2.22. The molecule has 0 aliphatic heterocycles. The number of hydrogen-bond acceptors (Lipinski definition) is 2. The smallest absolute Gasteiger partial charge is 0.244 e. The molecule has 3 nitrogen and oxygen atoms in total. The third-order valence-corrected chi connectivity index (χ3v) is 4.15. The van der Waals surface area contributed by atoms with E-state index in [1.807, 2.05) is 32.0 Å². The highest BCUT2D eigenvalue weighted by Gasteiger charge is 2.02. The Kier molecular flexibility index (Phi) is 8.02. The monoisotopic (exact) mass is 391 g/mol. The van der Waals surface area contributed by atoms with Crippen LogP contribution in [0.4, 0.5) is 0 Å². The molecule has 138 valence electrons. The molecular formula is C21H23Cl2NO2. The normalized spacial score (nSPS) is 11.1. The van der Waals surface area contributed by atoms with E-state index in [0.29, 0.717) is 16.6 Å². The second-order valence-electron chi connectivity index (χ2n) is 6.21. The highest BCUT2D eigenvalue weighted by atomic mass is 35.5. The molecule has 5 heteroatoms. The zero-order chi connectivity index (χ0) is 18.9. The minimum Gasteiger partial charge on any atom is -0.491 e. The van der Waals surface area contributed by atoms with Crippen molar-refractivity contribution in [1.29, 1.82) is 0 Å². The lowest BCUT2D eigenvalue weighted by molar-refractivity contribution is -0.116. The Morgan fingerprint density at radius 2 is 2.00 bits per heavy atom. The molecule has 1 N–H and O–H groups in total. The molecular weight excluding hydrogens is 369 g/mol. The average molecular weight is 392 g/mol. The van der Waals surface area contributed by atoms with Crippen LogP contribution in [0.1, 0.15) is 31.4 Å². The maximum Gasteiger partial charge on any atom is 0.244 e. The van der Waals surface area contributed by atoms with Gasteiger partial charge in [0, 0.05) is 22.7 Å². The summed E-state index contributed by atoms with van der Waals surface area (Å²) in [5.74, 6) is 0.734. The van der Waals surface area contributed by atoms with Crippen molar-refractivity contribution in [2.24, 2.45) is 0 Å². The lowest BCUT2D eigenvalue weighted by Gasteiger charge is -2.11. The van der Waals surface area contributed by atoms with Crippen LogP contribution in [0.5, 0.6) is 5.75 Å². The average Bonchev–Trinajstić information content (AvgIpc) is 2.58. The molecule has 2 aromatic carbocycles. The maximum atomic E-state index is 11.9. The number of amides is 1. The van der Waals surface area contributed by atoms with E-state index >= 15 is 0 Å². The molecule has 0 atom stereocenters. The molecule has 0 saturated heterocycles. The van der Waals surface area contributed by atoms with Gasteiger partial charge in [-0.2, -0.15) is 0 Å². The number of halogens is 2. The van der Waals surface area contributed by atoms with Gasteiger partial charge in [-0.1, -0.05) is 41.4 Å². The third kappa shape index (κ3) is 7.11. The van der Waals surface area contributed by atoms with Gasteiger partial charge < -0.3 is 10.1 Å². The summed E-state index contributed by atoms with van der Waals surface area (Å²) in [6.45, 7) is 4.62. The van der Waals surface area contributed by atoms with E-state index in [-0.39, 0.29) is 12.0 Å². The summed E-state index contributed by atoms with van der Waals surface area (Å²) in [6.07, 6.45) is 5.05. The molecule has 0 spiro atoms. The van der Waals surface area contributed by atoms with Crippen molar-refractivity contribution in [1.82, 2.24) is 5.32 Å². The highest BCUT2D eigenvalue weighted by Crippen LogP contribution is 2.22. The Morgan fingerprint density at radius 3 is 2.73 bits per heavy atom. The van der Waals surface area contributed by atoms with Crippen LogP contribution >= 0.6 is 23.2 Å². The van der Waals surface area contributed by atoms with Crippen molar-refractivity contribution in [2.45, 2.75) is 32.8 Å². The highest BCUT2D eigenvalue weighted by molar-refractivity contribution is 6.35. The van der Waals surface area contributed by atoms with E-state index in [1.165, 1.54) is 11.6 Å². The summed E-state index contributed by atoms with van der Waals surface area (Å²) in [7, 11) is 0. The van der Waals surface area contributed by atoms with Crippen molar-refractivity contribution in [3.8, 4) is 5.75 Å². The lowest BCUT2D eigenvalue weighted by atomic mass is 10.1. The van der Waals surface area contributed by atoms with Gasteiger partial charge in [0.1, 0.15) is 5.75 Å². The van der Waals surface area contributed by atoms with Crippen LogP contribution in [0, 0.1) is 0 Å². The number of benzene rings is 2. The van der Waals surface area contributed by atoms with Crippen LogP contribution in [0.25, 0.3) is 6.08 Å². The zero-order valence-electron chi connectivity index (χ0n) is 15.0. The molecule has 0 fully saturated rings. The van der Waals surface area contributed by atoms with Crippen molar-refractivity contribution in [3.63, 3.8) is 0 Å². The van der Waals surface area contributed by atoms with Gasteiger partial charge in [0.05, 0.1) is 6.10 Å². The summed E-state index contributed by atoms with van der Waals surface area (Å²) in [5, 5.41) is 3.96. The number of hydrogen-bond donors (Lipinski definition) is 1.